The lowest BCUT2D eigenvalue weighted by Crippen LogP contribution is -2.46. The Balaban J connectivity index is 2.41. The number of nitrogens with one attached hydrogen (secondary N) is 1. The quantitative estimate of drug-likeness (QED) is 0.777. The molecule has 1 aliphatic heterocycles. The molecule has 0 amide bonds. The minimum atomic E-state index is -3.78. The highest BCUT2D eigenvalue weighted by atomic mass is 32.2. The molecular weight excluding hydrogens is 296 g/mol. The molecule has 2 rings (SSSR count). The molecule has 0 radical (unpaired) electrons. The second-order valence-electron chi connectivity index (χ2n) is 5.21. The van der Waals surface area contributed by atoms with Crippen molar-refractivity contribution < 1.29 is 22.6 Å². The number of ether oxygens (including phenoxy) is 3. The molecule has 21 heavy (non-hydrogen) atoms. The van der Waals surface area contributed by atoms with Gasteiger partial charge in [0.25, 0.3) is 0 Å². The van der Waals surface area contributed by atoms with Gasteiger partial charge in [0.05, 0.1) is 32.1 Å². The van der Waals surface area contributed by atoms with E-state index in [1.165, 1.54) is 26.4 Å². The zero-order valence-electron chi connectivity index (χ0n) is 12.3. The van der Waals surface area contributed by atoms with Crippen LogP contribution in [0.2, 0.25) is 0 Å². The fourth-order valence-electron chi connectivity index (χ4n) is 2.23. The molecule has 118 valence electrons. The Morgan fingerprint density at radius 3 is 2.48 bits per heavy atom. The molecule has 1 atom stereocenters. The van der Waals surface area contributed by atoms with Crippen molar-refractivity contribution in [3.05, 3.63) is 12.1 Å². The van der Waals surface area contributed by atoms with E-state index in [2.05, 4.69) is 4.72 Å². The number of nitrogens with two attached hydrogens (primary N) is 1. The Morgan fingerprint density at radius 2 is 1.95 bits per heavy atom. The maximum atomic E-state index is 12.6. The number of rotatable bonds is 5. The fraction of sp³-hybridized carbons (Fsp3) is 0.538. The van der Waals surface area contributed by atoms with E-state index in [-0.39, 0.29) is 16.3 Å². The summed E-state index contributed by atoms with van der Waals surface area (Å²) in [6.45, 7) is 2.66. The summed E-state index contributed by atoms with van der Waals surface area (Å²) in [6, 6.07) is 2.79. The second-order valence-corrected chi connectivity index (χ2v) is 6.86. The molecule has 0 saturated carbocycles. The van der Waals surface area contributed by atoms with Gasteiger partial charge in [0.15, 0.2) is 0 Å². The van der Waals surface area contributed by atoms with Crippen LogP contribution in [0.3, 0.4) is 0 Å². The number of anilines is 1. The average molecular weight is 316 g/mol. The molecule has 1 heterocycles. The zero-order valence-corrected chi connectivity index (χ0v) is 13.1. The highest BCUT2D eigenvalue weighted by Gasteiger charge is 2.36. The number of benzene rings is 1. The van der Waals surface area contributed by atoms with Gasteiger partial charge in [0.1, 0.15) is 16.4 Å². The monoisotopic (exact) mass is 316 g/mol. The molecule has 1 unspecified atom stereocenters. The Hall–Kier alpha value is -1.51. The molecule has 8 heteroatoms. The summed E-state index contributed by atoms with van der Waals surface area (Å²) in [5, 5.41) is 0. The normalized spacial score (nSPS) is 22.2. The maximum absolute atomic E-state index is 12.6. The first-order chi connectivity index (χ1) is 9.81. The molecule has 0 bridgehead atoms. The molecule has 0 aliphatic carbocycles. The van der Waals surface area contributed by atoms with Crippen LogP contribution in [0.5, 0.6) is 11.5 Å². The zero-order chi connectivity index (χ0) is 15.7. The molecule has 7 nitrogen and oxygen atoms in total. The van der Waals surface area contributed by atoms with E-state index >= 15 is 0 Å². The molecule has 1 saturated heterocycles. The number of methoxy groups -OCH3 is 2. The number of sulfonamides is 1. The summed E-state index contributed by atoms with van der Waals surface area (Å²) < 4.78 is 43.3. The van der Waals surface area contributed by atoms with Gasteiger partial charge in [-0.3, -0.25) is 0 Å². The van der Waals surface area contributed by atoms with Crippen LogP contribution in [0.1, 0.15) is 13.3 Å². The first-order valence-electron chi connectivity index (χ1n) is 6.44. The van der Waals surface area contributed by atoms with Crippen molar-refractivity contribution in [3.8, 4) is 11.5 Å². The minimum absolute atomic E-state index is 0.0172. The number of hydrogen-bond acceptors (Lipinski definition) is 6. The van der Waals surface area contributed by atoms with E-state index in [9.17, 15) is 8.42 Å². The molecule has 0 aromatic heterocycles. The van der Waals surface area contributed by atoms with E-state index in [0.717, 1.165) is 0 Å². The van der Waals surface area contributed by atoms with Crippen molar-refractivity contribution in [3.63, 3.8) is 0 Å². The Labute approximate surface area is 124 Å². The predicted octanol–water partition coefficient (Wildman–Crippen LogP) is 0.743. The standard InChI is InChI=1S/C13H20N2O5S/c1-13(4-5-20-8-13)15-21(16,17)12-6-9(14)10(18-2)7-11(12)19-3/h6-7,15H,4-5,8,14H2,1-3H3. The molecule has 1 aliphatic rings. The first kappa shape index (κ1) is 15.9. The van der Waals surface area contributed by atoms with Crippen LogP contribution in [0.15, 0.2) is 17.0 Å². The van der Waals surface area contributed by atoms with Gasteiger partial charge in [-0.05, 0) is 19.4 Å². The van der Waals surface area contributed by atoms with Crippen LogP contribution >= 0.6 is 0 Å². The molecule has 1 aromatic carbocycles. The fourth-order valence-corrected chi connectivity index (χ4v) is 3.84. The predicted molar refractivity (Wildman–Crippen MR) is 78.1 cm³/mol. The second kappa shape index (κ2) is 5.70. The van der Waals surface area contributed by atoms with Gasteiger partial charge in [-0.25, -0.2) is 13.1 Å². The summed E-state index contributed by atoms with van der Waals surface area (Å²) >= 11 is 0. The third kappa shape index (κ3) is 3.22. The van der Waals surface area contributed by atoms with Gasteiger partial charge < -0.3 is 19.9 Å². The Kier molecular flexibility index (Phi) is 4.31. The van der Waals surface area contributed by atoms with Crippen molar-refractivity contribution in [2.24, 2.45) is 0 Å². The minimum Gasteiger partial charge on any atom is -0.495 e. The van der Waals surface area contributed by atoms with E-state index in [1.807, 2.05) is 0 Å². The molecular formula is C13H20N2O5S. The van der Waals surface area contributed by atoms with Gasteiger partial charge >= 0.3 is 0 Å². The highest BCUT2D eigenvalue weighted by Crippen LogP contribution is 2.34. The summed E-state index contributed by atoms with van der Waals surface area (Å²) in [7, 11) is -0.937. The summed E-state index contributed by atoms with van der Waals surface area (Å²) in [5.41, 5.74) is 5.40. The van der Waals surface area contributed by atoms with Crippen LogP contribution in [0.25, 0.3) is 0 Å². The van der Waals surface area contributed by atoms with Crippen LogP contribution < -0.4 is 19.9 Å². The summed E-state index contributed by atoms with van der Waals surface area (Å²) in [5.74, 6) is 0.539. The van der Waals surface area contributed by atoms with Gasteiger partial charge in [-0.15, -0.1) is 0 Å². The average Bonchev–Trinajstić information content (AvgIpc) is 2.83. The summed E-state index contributed by atoms with van der Waals surface area (Å²) in [4.78, 5) is -0.0172. The summed E-state index contributed by atoms with van der Waals surface area (Å²) in [6.07, 6.45) is 0.611. The highest BCUT2D eigenvalue weighted by molar-refractivity contribution is 7.89. The van der Waals surface area contributed by atoms with E-state index in [1.54, 1.807) is 6.92 Å². The van der Waals surface area contributed by atoms with Crippen molar-refractivity contribution in [1.29, 1.82) is 0 Å². The topological polar surface area (TPSA) is 99.9 Å². The van der Waals surface area contributed by atoms with Crippen LogP contribution in [0.4, 0.5) is 5.69 Å². The van der Waals surface area contributed by atoms with E-state index < -0.39 is 15.6 Å². The lowest BCUT2D eigenvalue weighted by Gasteiger charge is -2.24. The van der Waals surface area contributed by atoms with Crippen LogP contribution in [-0.4, -0.2) is 41.4 Å². The third-order valence-electron chi connectivity index (χ3n) is 3.41. The molecule has 3 N–H and O–H groups in total. The van der Waals surface area contributed by atoms with Gasteiger partial charge in [0.2, 0.25) is 10.0 Å². The molecule has 0 spiro atoms. The smallest absolute Gasteiger partial charge is 0.244 e. The Morgan fingerprint density at radius 1 is 1.29 bits per heavy atom. The van der Waals surface area contributed by atoms with Crippen molar-refractivity contribution in [2.45, 2.75) is 23.8 Å². The van der Waals surface area contributed by atoms with E-state index in [0.29, 0.717) is 25.4 Å². The van der Waals surface area contributed by atoms with Gasteiger partial charge in [-0.1, -0.05) is 0 Å². The largest absolute Gasteiger partial charge is 0.495 e. The third-order valence-corrected chi connectivity index (χ3v) is 5.06. The maximum Gasteiger partial charge on any atom is 0.244 e. The van der Waals surface area contributed by atoms with Gasteiger partial charge in [0, 0.05) is 12.7 Å². The molecule has 1 fully saturated rings. The number of hydrogen-bond donors (Lipinski definition) is 2. The van der Waals surface area contributed by atoms with Crippen molar-refractivity contribution >= 4 is 15.7 Å². The van der Waals surface area contributed by atoms with E-state index in [4.69, 9.17) is 19.9 Å². The Bertz CT molecular complexity index is 624. The lowest BCUT2D eigenvalue weighted by molar-refractivity contribution is 0.178. The van der Waals surface area contributed by atoms with Crippen LogP contribution in [-0.2, 0) is 14.8 Å². The lowest BCUT2D eigenvalue weighted by atomic mass is 10.0. The SMILES string of the molecule is COc1cc(OC)c(S(=O)(=O)NC2(C)CCOC2)cc1N. The molecule has 1 aromatic rings. The first-order valence-corrected chi connectivity index (χ1v) is 7.93. The van der Waals surface area contributed by atoms with Gasteiger partial charge in [-0.2, -0.15) is 0 Å². The van der Waals surface area contributed by atoms with Crippen LogP contribution in [0, 0.1) is 0 Å². The van der Waals surface area contributed by atoms with Crippen molar-refractivity contribution in [2.75, 3.05) is 33.2 Å². The number of nitrogen functional groups attached to an aromatic ring is 1. The van der Waals surface area contributed by atoms with Crippen molar-refractivity contribution in [1.82, 2.24) is 4.72 Å².